The van der Waals surface area contributed by atoms with E-state index in [4.69, 9.17) is 9.73 Å². The molecule has 1 aliphatic heterocycles. The highest BCUT2D eigenvalue weighted by Crippen LogP contribution is 2.45. The van der Waals surface area contributed by atoms with Crippen LogP contribution in [0, 0.1) is 11.8 Å². The van der Waals surface area contributed by atoms with Crippen molar-refractivity contribution in [2.75, 3.05) is 14.1 Å². The van der Waals surface area contributed by atoms with Gasteiger partial charge in [0.25, 0.3) is 0 Å². The van der Waals surface area contributed by atoms with Crippen LogP contribution in [0.2, 0.25) is 0 Å². The van der Waals surface area contributed by atoms with Gasteiger partial charge in [-0.25, -0.2) is 0 Å². The lowest BCUT2D eigenvalue weighted by Crippen LogP contribution is -2.47. The van der Waals surface area contributed by atoms with Crippen LogP contribution in [0.3, 0.4) is 0 Å². The molecule has 2 aliphatic rings. The number of thioether (sulfide) groups is 1. The maximum Gasteiger partial charge on any atom is 0.159 e. The maximum absolute atomic E-state index is 6.42. The lowest BCUT2D eigenvalue weighted by molar-refractivity contribution is -0.0453. The summed E-state index contributed by atoms with van der Waals surface area (Å²) >= 11 is 1.95. The van der Waals surface area contributed by atoms with Gasteiger partial charge in [-0.3, -0.25) is 4.99 Å². The molecule has 3 rings (SSSR count). The molecule has 5 atom stereocenters. The van der Waals surface area contributed by atoms with Crippen LogP contribution in [0.15, 0.2) is 35.3 Å². The zero-order chi connectivity index (χ0) is 16.4. The van der Waals surface area contributed by atoms with Crippen LogP contribution in [0.25, 0.3) is 0 Å². The summed E-state index contributed by atoms with van der Waals surface area (Å²) in [6.45, 7) is 5.35. The Labute approximate surface area is 144 Å². The first kappa shape index (κ1) is 16.8. The molecule has 0 spiro atoms. The summed E-state index contributed by atoms with van der Waals surface area (Å²) < 4.78 is 6.42. The molecule has 1 aromatic carbocycles. The lowest BCUT2D eigenvalue weighted by Gasteiger charge is -2.41. The van der Waals surface area contributed by atoms with Gasteiger partial charge in [0, 0.05) is 19.3 Å². The average molecular weight is 333 g/mol. The fourth-order valence-corrected chi connectivity index (χ4v) is 5.15. The molecular weight excluding hydrogens is 304 g/mol. The zero-order valence-corrected chi connectivity index (χ0v) is 15.4. The van der Waals surface area contributed by atoms with E-state index in [-0.39, 0.29) is 6.10 Å². The molecule has 0 N–H and O–H groups in total. The van der Waals surface area contributed by atoms with E-state index in [1.54, 1.807) is 0 Å². The van der Waals surface area contributed by atoms with Gasteiger partial charge in [-0.1, -0.05) is 62.4 Å². The molecule has 0 aromatic heterocycles. The van der Waals surface area contributed by atoms with Gasteiger partial charge in [-0.2, -0.15) is 0 Å². The van der Waals surface area contributed by atoms with Crippen LogP contribution in [-0.2, 0) is 11.3 Å². The predicted octanol–water partition coefficient (Wildman–Crippen LogP) is 4.04. The largest absolute Gasteiger partial charge is 0.371 e. The first-order chi connectivity index (χ1) is 11.1. The van der Waals surface area contributed by atoms with E-state index in [9.17, 15) is 0 Å². The molecule has 126 valence electrons. The number of aliphatic imine (C=N–C) groups is 1. The number of nitrogens with zero attached hydrogens (tertiary/aromatic N) is 2. The number of hydrogen-bond acceptors (Lipinski definition) is 4. The van der Waals surface area contributed by atoms with Gasteiger partial charge in [0.15, 0.2) is 5.17 Å². The normalized spacial score (nSPS) is 33.2. The number of amidine groups is 1. The van der Waals surface area contributed by atoms with E-state index in [0.29, 0.717) is 23.8 Å². The van der Waals surface area contributed by atoms with Crippen molar-refractivity contribution >= 4 is 16.9 Å². The Kier molecular flexibility index (Phi) is 5.32. The Hall–Kier alpha value is -1.00. The molecular formula is C19H28N2OS. The molecule has 0 saturated heterocycles. The van der Waals surface area contributed by atoms with Gasteiger partial charge in [0.2, 0.25) is 0 Å². The smallest absolute Gasteiger partial charge is 0.159 e. The maximum atomic E-state index is 6.42. The lowest BCUT2D eigenvalue weighted by atomic mass is 9.74. The minimum atomic E-state index is 0.226. The Balaban J connectivity index is 1.76. The van der Waals surface area contributed by atoms with Crippen molar-refractivity contribution in [1.82, 2.24) is 4.90 Å². The van der Waals surface area contributed by atoms with Crippen LogP contribution >= 0.6 is 11.8 Å². The van der Waals surface area contributed by atoms with Crippen LogP contribution in [0.4, 0.5) is 0 Å². The standard InChI is InChI=1S/C19H28N2OS/c1-5-15-11-16-17(20-19(23-16)21(3)4)18(13(15)2)22-12-14-9-7-6-8-10-14/h6-10,13,15-18H,5,11-12H2,1-4H3/t13-,15+,16+,17+,18+/m1/s1. The van der Waals surface area contributed by atoms with Crippen molar-refractivity contribution in [2.45, 2.75) is 50.7 Å². The monoisotopic (exact) mass is 332 g/mol. The van der Waals surface area contributed by atoms with E-state index in [1.807, 2.05) is 11.8 Å². The first-order valence-corrected chi connectivity index (χ1v) is 9.55. The van der Waals surface area contributed by atoms with E-state index < -0.39 is 0 Å². The summed E-state index contributed by atoms with van der Waals surface area (Å²) in [6.07, 6.45) is 2.72. The quantitative estimate of drug-likeness (QED) is 0.832. The molecule has 1 aliphatic carbocycles. The minimum absolute atomic E-state index is 0.226. The Morgan fingerprint density at radius 2 is 2.00 bits per heavy atom. The molecule has 1 saturated carbocycles. The van der Waals surface area contributed by atoms with Gasteiger partial charge in [-0.15, -0.1) is 0 Å². The van der Waals surface area contributed by atoms with E-state index in [1.165, 1.54) is 18.4 Å². The van der Waals surface area contributed by atoms with Crippen LogP contribution < -0.4 is 0 Å². The Morgan fingerprint density at radius 3 is 2.65 bits per heavy atom. The third kappa shape index (κ3) is 3.58. The Morgan fingerprint density at radius 1 is 1.26 bits per heavy atom. The summed E-state index contributed by atoms with van der Waals surface area (Å²) in [6, 6.07) is 10.8. The van der Waals surface area contributed by atoms with Crippen molar-refractivity contribution < 1.29 is 4.74 Å². The average Bonchev–Trinajstić information content (AvgIpc) is 2.98. The fourth-order valence-electron chi connectivity index (χ4n) is 3.79. The summed E-state index contributed by atoms with van der Waals surface area (Å²) in [5, 5.41) is 1.74. The fraction of sp³-hybridized carbons (Fsp3) is 0.632. The molecule has 3 nitrogen and oxygen atoms in total. The summed E-state index contributed by atoms with van der Waals surface area (Å²) in [5.74, 6) is 1.30. The molecule has 0 amide bonds. The van der Waals surface area contributed by atoms with E-state index in [2.05, 4.69) is 63.2 Å². The van der Waals surface area contributed by atoms with E-state index in [0.717, 1.165) is 11.1 Å². The van der Waals surface area contributed by atoms with E-state index >= 15 is 0 Å². The van der Waals surface area contributed by atoms with Crippen LogP contribution in [0.5, 0.6) is 0 Å². The number of benzene rings is 1. The number of hydrogen-bond donors (Lipinski definition) is 0. The van der Waals surface area contributed by atoms with Gasteiger partial charge >= 0.3 is 0 Å². The van der Waals surface area contributed by atoms with Crippen molar-refractivity contribution in [3.8, 4) is 0 Å². The second-order valence-electron chi connectivity index (χ2n) is 6.98. The third-order valence-electron chi connectivity index (χ3n) is 5.22. The summed E-state index contributed by atoms with van der Waals surface area (Å²) in [7, 11) is 4.17. The molecule has 23 heavy (non-hydrogen) atoms. The SMILES string of the molecule is CC[C@H]1C[C@@H]2SC(N(C)C)=N[C@@H]2[C@@H](OCc2ccccc2)[C@@H]1C. The predicted molar refractivity (Wildman–Crippen MR) is 98.9 cm³/mol. The number of fused-ring (bicyclic) bond motifs is 1. The van der Waals surface area contributed by atoms with Crippen molar-refractivity contribution in [1.29, 1.82) is 0 Å². The van der Waals surface area contributed by atoms with Crippen molar-refractivity contribution in [3.05, 3.63) is 35.9 Å². The number of rotatable bonds is 4. The molecule has 0 unspecified atom stereocenters. The van der Waals surface area contributed by atoms with Gasteiger partial charge in [0.05, 0.1) is 18.8 Å². The highest BCUT2D eigenvalue weighted by Gasteiger charge is 2.46. The second kappa shape index (κ2) is 7.27. The highest BCUT2D eigenvalue weighted by molar-refractivity contribution is 8.14. The van der Waals surface area contributed by atoms with Crippen molar-refractivity contribution in [2.24, 2.45) is 16.8 Å². The molecule has 1 heterocycles. The molecule has 1 fully saturated rings. The second-order valence-corrected chi connectivity index (χ2v) is 8.18. The highest BCUT2D eigenvalue weighted by atomic mass is 32.2. The van der Waals surface area contributed by atoms with Crippen LogP contribution in [-0.4, -0.2) is 41.6 Å². The molecule has 4 heteroatoms. The third-order valence-corrected chi connectivity index (χ3v) is 6.68. The summed E-state index contributed by atoms with van der Waals surface area (Å²) in [5.41, 5.74) is 1.25. The van der Waals surface area contributed by atoms with Gasteiger partial charge in [-0.05, 0) is 23.8 Å². The first-order valence-electron chi connectivity index (χ1n) is 8.67. The van der Waals surface area contributed by atoms with Crippen LogP contribution in [0.1, 0.15) is 32.3 Å². The Bertz CT molecular complexity index is 546. The minimum Gasteiger partial charge on any atom is -0.371 e. The van der Waals surface area contributed by atoms with Gasteiger partial charge < -0.3 is 9.64 Å². The summed E-state index contributed by atoms with van der Waals surface area (Å²) in [4.78, 5) is 7.14. The topological polar surface area (TPSA) is 24.8 Å². The molecule has 0 bridgehead atoms. The molecule has 1 aromatic rings. The van der Waals surface area contributed by atoms with Gasteiger partial charge in [0.1, 0.15) is 0 Å². The van der Waals surface area contributed by atoms with Crippen molar-refractivity contribution in [3.63, 3.8) is 0 Å². The molecule has 0 radical (unpaired) electrons. The zero-order valence-electron chi connectivity index (χ0n) is 14.6. The number of ether oxygens (including phenoxy) is 1.